The molecule has 16 heavy (non-hydrogen) atoms. The zero-order valence-electron chi connectivity index (χ0n) is 10.7. The van der Waals surface area contributed by atoms with Gasteiger partial charge in [0, 0.05) is 6.04 Å². The van der Waals surface area contributed by atoms with Crippen LogP contribution >= 0.6 is 0 Å². The molecule has 0 bridgehead atoms. The molecule has 2 rings (SSSR count). The Balaban J connectivity index is 2.11. The molecule has 1 saturated carbocycles. The zero-order valence-corrected chi connectivity index (χ0v) is 10.7. The molecule has 1 nitrogen and oxygen atoms in total. The maximum atomic E-state index is 3.63. The second kappa shape index (κ2) is 5.01. The van der Waals surface area contributed by atoms with Gasteiger partial charge in [0.25, 0.3) is 0 Å². The number of rotatable bonds is 5. The summed E-state index contributed by atoms with van der Waals surface area (Å²) in [6.45, 7) is 7.82. The molecular weight excluding hydrogens is 194 g/mol. The maximum absolute atomic E-state index is 3.63. The molecule has 0 amide bonds. The standard InChI is InChI=1S/C15H23N/c1-4-12-6-8-13(9-7-12)15(16-5-2)14-10-11(14)3/h6-9,11,14-16H,4-5,10H2,1-3H3. The number of aryl methyl sites for hydroxylation is 1. The zero-order chi connectivity index (χ0) is 11.5. The van der Waals surface area contributed by atoms with E-state index >= 15 is 0 Å². The van der Waals surface area contributed by atoms with Gasteiger partial charge in [-0.25, -0.2) is 0 Å². The minimum Gasteiger partial charge on any atom is -0.310 e. The summed E-state index contributed by atoms with van der Waals surface area (Å²) >= 11 is 0. The van der Waals surface area contributed by atoms with E-state index in [9.17, 15) is 0 Å². The first-order valence-corrected chi connectivity index (χ1v) is 6.58. The number of hydrogen-bond donors (Lipinski definition) is 1. The molecule has 0 aliphatic heterocycles. The monoisotopic (exact) mass is 217 g/mol. The van der Waals surface area contributed by atoms with Gasteiger partial charge in [-0.2, -0.15) is 0 Å². The van der Waals surface area contributed by atoms with Gasteiger partial charge in [-0.05, 0) is 42.3 Å². The fourth-order valence-electron chi connectivity index (χ4n) is 2.51. The van der Waals surface area contributed by atoms with E-state index in [4.69, 9.17) is 0 Å². The van der Waals surface area contributed by atoms with Gasteiger partial charge in [-0.3, -0.25) is 0 Å². The summed E-state index contributed by atoms with van der Waals surface area (Å²) < 4.78 is 0. The van der Waals surface area contributed by atoms with E-state index in [0.717, 1.165) is 24.8 Å². The van der Waals surface area contributed by atoms with Crippen LogP contribution in [0.25, 0.3) is 0 Å². The third kappa shape index (κ3) is 2.46. The highest BCUT2D eigenvalue weighted by atomic mass is 14.9. The smallest absolute Gasteiger partial charge is 0.0351 e. The lowest BCUT2D eigenvalue weighted by Gasteiger charge is -2.18. The van der Waals surface area contributed by atoms with Crippen LogP contribution in [0.3, 0.4) is 0 Å². The Kier molecular flexibility index (Phi) is 3.65. The molecular formula is C15H23N. The van der Waals surface area contributed by atoms with E-state index in [1.54, 1.807) is 0 Å². The van der Waals surface area contributed by atoms with Crippen LogP contribution in [0.1, 0.15) is 44.4 Å². The van der Waals surface area contributed by atoms with Crippen LogP contribution < -0.4 is 5.32 Å². The van der Waals surface area contributed by atoms with Crippen molar-refractivity contribution in [3.63, 3.8) is 0 Å². The highest BCUT2D eigenvalue weighted by Gasteiger charge is 2.39. The molecule has 0 heterocycles. The minimum absolute atomic E-state index is 0.575. The Morgan fingerprint density at radius 1 is 1.25 bits per heavy atom. The molecule has 3 atom stereocenters. The van der Waals surface area contributed by atoms with Crippen LogP contribution in [0.15, 0.2) is 24.3 Å². The fraction of sp³-hybridized carbons (Fsp3) is 0.600. The first-order valence-electron chi connectivity index (χ1n) is 6.58. The molecule has 0 radical (unpaired) electrons. The SMILES string of the molecule is CCNC(c1ccc(CC)cc1)C1CC1C. The molecule has 1 heteroatoms. The molecule has 0 spiro atoms. The number of nitrogens with one attached hydrogen (secondary N) is 1. The van der Waals surface area contributed by atoms with Gasteiger partial charge in [-0.15, -0.1) is 0 Å². The van der Waals surface area contributed by atoms with Gasteiger partial charge in [-0.1, -0.05) is 45.0 Å². The molecule has 1 fully saturated rings. The van der Waals surface area contributed by atoms with E-state index in [-0.39, 0.29) is 0 Å². The van der Waals surface area contributed by atoms with Crippen molar-refractivity contribution in [2.45, 2.75) is 39.7 Å². The summed E-state index contributed by atoms with van der Waals surface area (Å²) in [6.07, 6.45) is 2.51. The lowest BCUT2D eigenvalue weighted by atomic mass is 9.99. The minimum atomic E-state index is 0.575. The average Bonchev–Trinajstić information content (AvgIpc) is 3.03. The summed E-state index contributed by atoms with van der Waals surface area (Å²) in [6, 6.07) is 9.72. The first kappa shape index (κ1) is 11.7. The third-order valence-corrected chi connectivity index (χ3v) is 3.77. The van der Waals surface area contributed by atoms with Crippen molar-refractivity contribution in [3.8, 4) is 0 Å². The van der Waals surface area contributed by atoms with Gasteiger partial charge in [0.15, 0.2) is 0 Å². The van der Waals surface area contributed by atoms with Crippen LogP contribution in [-0.4, -0.2) is 6.54 Å². The predicted molar refractivity (Wildman–Crippen MR) is 69.5 cm³/mol. The first-order chi connectivity index (χ1) is 7.76. The van der Waals surface area contributed by atoms with Crippen molar-refractivity contribution >= 4 is 0 Å². The Hall–Kier alpha value is -0.820. The molecule has 1 aliphatic rings. The summed E-state index contributed by atoms with van der Waals surface area (Å²) in [7, 11) is 0. The quantitative estimate of drug-likeness (QED) is 0.795. The highest BCUT2D eigenvalue weighted by Crippen LogP contribution is 2.46. The van der Waals surface area contributed by atoms with Crippen molar-refractivity contribution < 1.29 is 0 Å². The number of hydrogen-bond acceptors (Lipinski definition) is 1. The van der Waals surface area contributed by atoms with Crippen LogP contribution in [0, 0.1) is 11.8 Å². The molecule has 1 N–H and O–H groups in total. The van der Waals surface area contributed by atoms with Crippen LogP contribution in [0.2, 0.25) is 0 Å². The highest BCUT2D eigenvalue weighted by molar-refractivity contribution is 5.26. The van der Waals surface area contributed by atoms with E-state index in [1.807, 2.05) is 0 Å². The molecule has 3 unspecified atom stereocenters. The van der Waals surface area contributed by atoms with E-state index in [0.29, 0.717) is 6.04 Å². The Morgan fingerprint density at radius 3 is 2.31 bits per heavy atom. The van der Waals surface area contributed by atoms with E-state index in [1.165, 1.54) is 17.5 Å². The molecule has 88 valence electrons. The number of benzene rings is 1. The van der Waals surface area contributed by atoms with Crippen molar-refractivity contribution in [1.29, 1.82) is 0 Å². The molecule has 1 aromatic rings. The lowest BCUT2D eigenvalue weighted by molar-refractivity contribution is 0.475. The van der Waals surface area contributed by atoms with Crippen molar-refractivity contribution in [1.82, 2.24) is 5.32 Å². The largest absolute Gasteiger partial charge is 0.310 e. The summed E-state index contributed by atoms with van der Waals surface area (Å²) in [5.74, 6) is 1.75. The summed E-state index contributed by atoms with van der Waals surface area (Å²) in [5.41, 5.74) is 2.90. The molecule has 0 aromatic heterocycles. The summed E-state index contributed by atoms with van der Waals surface area (Å²) in [5, 5.41) is 3.63. The van der Waals surface area contributed by atoms with Crippen LogP contribution in [0.4, 0.5) is 0 Å². The average molecular weight is 217 g/mol. The van der Waals surface area contributed by atoms with Gasteiger partial charge < -0.3 is 5.32 Å². The van der Waals surface area contributed by atoms with Gasteiger partial charge in [0.1, 0.15) is 0 Å². The Labute approximate surface area is 99.3 Å². The fourth-order valence-corrected chi connectivity index (χ4v) is 2.51. The lowest BCUT2D eigenvalue weighted by Crippen LogP contribution is -2.23. The van der Waals surface area contributed by atoms with Gasteiger partial charge in [0.05, 0.1) is 0 Å². The third-order valence-electron chi connectivity index (χ3n) is 3.77. The van der Waals surface area contributed by atoms with E-state index < -0.39 is 0 Å². The molecule has 0 saturated heterocycles. The Morgan fingerprint density at radius 2 is 1.88 bits per heavy atom. The topological polar surface area (TPSA) is 12.0 Å². The molecule has 1 aromatic carbocycles. The van der Waals surface area contributed by atoms with Crippen molar-refractivity contribution in [2.24, 2.45) is 11.8 Å². The van der Waals surface area contributed by atoms with E-state index in [2.05, 4.69) is 50.4 Å². The second-order valence-electron chi connectivity index (χ2n) is 5.01. The van der Waals surface area contributed by atoms with Gasteiger partial charge in [0.2, 0.25) is 0 Å². The van der Waals surface area contributed by atoms with Crippen molar-refractivity contribution in [3.05, 3.63) is 35.4 Å². The normalized spacial score (nSPS) is 25.4. The Bertz CT molecular complexity index is 328. The van der Waals surface area contributed by atoms with Crippen LogP contribution in [-0.2, 0) is 6.42 Å². The van der Waals surface area contributed by atoms with Crippen LogP contribution in [0.5, 0.6) is 0 Å². The van der Waals surface area contributed by atoms with Gasteiger partial charge >= 0.3 is 0 Å². The predicted octanol–water partition coefficient (Wildman–Crippen LogP) is 3.56. The molecule has 1 aliphatic carbocycles. The maximum Gasteiger partial charge on any atom is 0.0351 e. The van der Waals surface area contributed by atoms with Crippen molar-refractivity contribution in [2.75, 3.05) is 6.54 Å². The second-order valence-corrected chi connectivity index (χ2v) is 5.01. The summed E-state index contributed by atoms with van der Waals surface area (Å²) in [4.78, 5) is 0.